The molecule has 2 aromatic heterocycles. The number of hydrogen-bond donors (Lipinski definition) is 1. The lowest BCUT2D eigenvalue weighted by atomic mass is 10.2. The molecule has 0 aliphatic heterocycles. The van der Waals surface area contributed by atoms with E-state index >= 15 is 0 Å². The average Bonchev–Trinajstić information content (AvgIpc) is 2.80. The van der Waals surface area contributed by atoms with Crippen molar-refractivity contribution in [2.24, 2.45) is 0 Å². The van der Waals surface area contributed by atoms with Gasteiger partial charge in [-0.15, -0.1) is 0 Å². The highest BCUT2D eigenvalue weighted by atomic mass is 16.5. The van der Waals surface area contributed by atoms with Crippen molar-refractivity contribution < 1.29 is 14.3 Å². The van der Waals surface area contributed by atoms with E-state index in [4.69, 9.17) is 10.5 Å². The van der Waals surface area contributed by atoms with E-state index in [0.29, 0.717) is 12.4 Å². The van der Waals surface area contributed by atoms with Crippen molar-refractivity contribution in [2.75, 3.05) is 20.0 Å². The normalized spacial score (nSPS) is 10.2. The number of pyridine rings is 1. The van der Waals surface area contributed by atoms with Gasteiger partial charge >= 0.3 is 5.97 Å². The first-order valence-corrected chi connectivity index (χ1v) is 5.53. The quantitative estimate of drug-likeness (QED) is 0.815. The second kappa shape index (κ2) is 5.38. The molecule has 7 heteroatoms. The summed E-state index contributed by atoms with van der Waals surface area (Å²) in [6.07, 6.45) is 3.14. The zero-order valence-corrected chi connectivity index (χ0v) is 10.7. The average molecular weight is 262 g/mol. The summed E-state index contributed by atoms with van der Waals surface area (Å²) >= 11 is 0. The van der Waals surface area contributed by atoms with Crippen LogP contribution in [0.4, 0.5) is 5.82 Å². The summed E-state index contributed by atoms with van der Waals surface area (Å²) in [5.41, 5.74) is 6.90. The van der Waals surface area contributed by atoms with E-state index in [9.17, 15) is 4.79 Å². The van der Waals surface area contributed by atoms with E-state index in [-0.39, 0.29) is 11.5 Å². The Bertz CT molecular complexity index is 594. The third-order valence-corrected chi connectivity index (χ3v) is 2.62. The van der Waals surface area contributed by atoms with E-state index in [1.807, 2.05) is 6.07 Å². The molecule has 0 aliphatic carbocycles. The molecule has 2 rings (SSSR count). The summed E-state index contributed by atoms with van der Waals surface area (Å²) in [6.45, 7) is 0.467. The first kappa shape index (κ1) is 12.9. The van der Waals surface area contributed by atoms with Crippen molar-refractivity contribution in [3.8, 4) is 5.88 Å². The largest absolute Gasteiger partial charge is 0.481 e. The molecular formula is C12H14N4O3. The van der Waals surface area contributed by atoms with Crippen molar-refractivity contribution in [3.63, 3.8) is 0 Å². The number of carbonyl (C=O) groups excluding carboxylic acids is 1. The Morgan fingerprint density at radius 1 is 1.42 bits per heavy atom. The molecule has 0 aliphatic rings. The minimum absolute atomic E-state index is 0.114. The maximum atomic E-state index is 11.4. The molecule has 19 heavy (non-hydrogen) atoms. The fraction of sp³-hybridized carbons (Fsp3) is 0.250. The molecule has 0 atom stereocenters. The zero-order chi connectivity index (χ0) is 13.8. The molecule has 0 radical (unpaired) electrons. The Hall–Kier alpha value is -2.57. The Balaban J connectivity index is 2.24. The van der Waals surface area contributed by atoms with Crippen molar-refractivity contribution in [3.05, 3.63) is 35.9 Å². The van der Waals surface area contributed by atoms with Crippen LogP contribution >= 0.6 is 0 Å². The van der Waals surface area contributed by atoms with Crippen LogP contribution in [0.5, 0.6) is 5.88 Å². The van der Waals surface area contributed by atoms with Gasteiger partial charge in [-0.2, -0.15) is 0 Å². The number of methoxy groups -OCH3 is 2. The van der Waals surface area contributed by atoms with Gasteiger partial charge in [0.05, 0.1) is 27.1 Å². The Morgan fingerprint density at radius 2 is 2.21 bits per heavy atom. The summed E-state index contributed by atoms with van der Waals surface area (Å²) in [5.74, 6) is 0.232. The molecule has 0 unspecified atom stereocenters. The van der Waals surface area contributed by atoms with Gasteiger partial charge < -0.3 is 19.8 Å². The molecule has 2 N–H and O–H groups in total. The minimum Gasteiger partial charge on any atom is -0.481 e. The lowest BCUT2D eigenvalue weighted by Gasteiger charge is -2.06. The van der Waals surface area contributed by atoms with Crippen molar-refractivity contribution >= 4 is 11.8 Å². The summed E-state index contributed by atoms with van der Waals surface area (Å²) in [6, 6.07) is 3.62. The number of nitrogen functional groups attached to an aromatic ring is 1. The van der Waals surface area contributed by atoms with Crippen LogP contribution in [0.15, 0.2) is 24.7 Å². The molecule has 0 bridgehead atoms. The predicted octanol–water partition coefficient (Wildman–Crippen LogP) is 0.704. The SMILES string of the molecule is COC(=O)c1ncn(Cc2ccnc(OC)c2)c1N. The highest BCUT2D eigenvalue weighted by molar-refractivity contribution is 5.92. The second-order valence-corrected chi connectivity index (χ2v) is 3.80. The van der Waals surface area contributed by atoms with Gasteiger partial charge in [0.1, 0.15) is 5.82 Å². The van der Waals surface area contributed by atoms with Crippen LogP contribution in [0.3, 0.4) is 0 Å². The Morgan fingerprint density at radius 3 is 2.89 bits per heavy atom. The fourth-order valence-electron chi connectivity index (χ4n) is 1.63. The topological polar surface area (TPSA) is 92.3 Å². The molecule has 7 nitrogen and oxygen atoms in total. The minimum atomic E-state index is -0.552. The predicted molar refractivity (Wildman–Crippen MR) is 67.9 cm³/mol. The lowest BCUT2D eigenvalue weighted by Crippen LogP contribution is -2.09. The highest BCUT2D eigenvalue weighted by Gasteiger charge is 2.16. The molecule has 0 fully saturated rings. The van der Waals surface area contributed by atoms with E-state index in [1.54, 1.807) is 23.9 Å². The molecule has 0 amide bonds. The van der Waals surface area contributed by atoms with E-state index < -0.39 is 5.97 Å². The molecule has 0 spiro atoms. The van der Waals surface area contributed by atoms with Gasteiger partial charge in [0.15, 0.2) is 5.69 Å². The summed E-state index contributed by atoms with van der Waals surface area (Å²) in [7, 11) is 2.83. The number of nitrogens with zero attached hydrogens (tertiary/aromatic N) is 3. The summed E-state index contributed by atoms with van der Waals surface area (Å²) in [5, 5.41) is 0. The highest BCUT2D eigenvalue weighted by Crippen LogP contribution is 2.15. The number of aromatic nitrogens is 3. The molecule has 0 aromatic carbocycles. The van der Waals surface area contributed by atoms with Crippen molar-refractivity contribution in [1.29, 1.82) is 0 Å². The third-order valence-electron chi connectivity index (χ3n) is 2.62. The second-order valence-electron chi connectivity index (χ2n) is 3.80. The summed E-state index contributed by atoms with van der Waals surface area (Å²) in [4.78, 5) is 19.4. The first-order chi connectivity index (χ1) is 9.15. The van der Waals surface area contributed by atoms with Crippen LogP contribution in [0.25, 0.3) is 0 Å². The fourth-order valence-corrected chi connectivity index (χ4v) is 1.63. The monoisotopic (exact) mass is 262 g/mol. The van der Waals surface area contributed by atoms with E-state index in [0.717, 1.165) is 5.56 Å². The number of esters is 1. The number of anilines is 1. The van der Waals surface area contributed by atoms with Gasteiger partial charge in [0, 0.05) is 12.3 Å². The van der Waals surface area contributed by atoms with E-state index in [2.05, 4.69) is 14.7 Å². The van der Waals surface area contributed by atoms with Crippen LogP contribution in [0.1, 0.15) is 16.1 Å². The van der Waals surface area contributed by atoms with Crippen LogP contribution in [-0.4, -0.2) is 34.7 Å². The number of ether oxygens (including phenoxy) is 2. The third kappa shape index (κ3) is 2.65. The van der Waals surface area contributed by atoms with Gasteiger partial charge in [-0.3, -0.25) is 0 Å². The van der Waals surface area contributed by atoms with Crippen LogP contribution in [-0.2, 0) is 11.3 Å². The molecule has 0 saturated heterocycles. The molecule has 2 aromatic rings. The summed E-state index contributed by atoms with van der Waals surface area (Å²) < 4.78 is 11.3. The van der Waals surface area contributed by atoms with Crippen molar-refractivity contribution in [1.82, 2.24) is 14.5 Å². The Labute approximate surface area is 110 Å². The number of imidazole rings is 1. The number of rotatable bonds is 4. The van der Waals surface area contributed by atoms with Gasteiger partial charge in [-0.1, -0.05) is 0 Å². The number of hydrogen-bond acceptors (Lipinski definition) is 6. The Kier molecular flexibility index (Phi) is 3.65. The molecule has 2 heterocycles. The van der Waals surface area contributed by atoms with Crippen LogP contribution in [0.2, 0.25) is 0 Å². The molecular weight excluding hydrogens is 248 g/mol. The number of carbonyl (C=O) groups is 1. The van der Waals surface area contributed by atoms with Gasteiger partial charge in [-0.25, -0.2) is 14.8 Å². The maximum absolute atomic E-state index is 11.4. The van der Waals surface area contributed by atoms with E-state index in [1.165, 1.54) is 13.4 Å². The van der Waals surface area contributed by atoms with Crippen LogP contribution in [0, 0.1) is 0 Å². The smallest absolute Gasteiger partial charge is 0.360 e. The first-order valence-electron chi connectivity index (χ1n) is 5.53. The molecule has 0 saturated carbocycles. The standard InChI is InChI=1S/C12H14N4O3/c1-18-9-5-8(3-4-14-9)6-16-7-15-10(11(16)13)12(17)19-2/h3-5,7H,6,13H2,1-2H3. The van der Waals surface area contributed by atoms with Crippen molar-refractivity contribution in [2.45, 2.75) is 6.54 Å². The van der Waals surface area contributed by atoms with Crippen LogP contribution < -0.4 is 10.5 Å². The maximum Gasteiger partial charge on any atom is 0.360 e. The zero-order valence-electron chi connectivity index (χ0n) is 10.7. The van der Waals surface area contributed by atoms with Gasteiger partial charge in [0.2, 0.25) is 5.88 Å². The molecule has 100 valence electrons. The van der Waals surface area contributed by atoms with Gasteiger partial charge in [-0.05, 0) is 11.6 Å². The number of nitrogens with two attached hydrogens (primary N) is 1. The lowest BCUT2D eigenvalue weighted by molar-refractivity contribution is 0.0596. The van der Waals surface area contributed by atoms with Gasteiger partial charge in [0.25, 0.3) is 0 Å².